The Labute approximate surface area is 181 Å². The SMILES string of the molecule is CCC1CCCN(C(C)(C)CNC(=O)c2cccc(CN3CCS(=O)(=O)CC3)c2)C1. The van der Waals surface area contributed by atoms with E-state index in [9.17, 15) is 13.2 Å². The third-order valence-corrected chi connectivity index (χ3v) is 8.28. The van der Waals surface area contributed by atoms with Crippen molar-refractivity contribution in [2.75, 3.05) is 44.2 Å². The van der Waals surface area contributed by atoms with Crippen LogP contribution in [0.15, 0.2) is 24.3 Å². The molecule has 1 unspecified atom stereocenters. The molecule has 0 radical (unpaired) electrons. The van der Waals surface area contributed by atoms with E-state index in [-0.39, 0.29) is 23.0 Å². The average molecular weight is 436 g/mol. The molecule has 0 aromatic heterocycles. The zero-order chi connectivity index (χ0) is 21.8. The van der Waals surface area contributed by atoms with Crippen molar-refractivity contribution in [1.29, 1.82) is 0 Å². The predicted octanol–water partition coefficient (Wildman–Crippen LogP) is 2.55. The number of nitrogens with one attached hydrogen (secondary N) is 1. The fourth-order valence-electron chi connectivity index (χ4n) is 4.44. The minimum Gasteiger partial charge on any atom is -0.350 e. The molecule has 30 heavy (non-hydrogen) atoms. The highest BCUT2D eigenvalue weighted by Gasteiger charge is 2.31. The lowest BCUT2D eigenvalue weighted by atomic mass is 9.91. The first-order valence-corrected chi connectivity index (χ1v) is 13.1. The van der Waals surface area contributed by atoms with E-state index in [0.29, 0.717) is 31.7 Å². The summed E-state index contributed by atoms with van der Waals surface area (Å²) in [5.41, 5.74) is 1.64. The fraction of sp³-hybridized carbons (Fsp3) is 0.696. The number of sulfone groups is 1. The summed E-state index contributed by atoms with van der Waals surface area (Å²) in [5.74, 6) is 1.15. The van der Waals surface area contributed by atoms with E-state index < -0.39 is 9.84 Å². The number of hydrogen-bond donors (Lipinski definition) is 1. The second-order valence-electron chi connectivity index (χ2n) is 9.49. The van der Waals surface area contributed by atoms with Gasteiger partial charge >= 0.3 is 0 Å². The first-order chi connectivity index (χ1) is 14.2. The van der Waals surface area contributed by atoms with E-state index >= 15 is 0 Å². The summed E-state index contributed by atoms with van der Waals surface area (Å²) >= 11 is 0. The van der Waals surface area contributed by atoms with E-state index in [2.05, 4.69) is 35.9 Å². The van der Waals surface area contributed by atoms with Crippen LogP contribution in [0.4, 0.5) is 0 Å². The first kappa shape index (κ1) is 23.2. The molecule has 2 fully saturated rings. The first-order valence-electron chi connectivity index (χ1n) is 11.2. The van der Waals surface area contributed by atoms with Crippen molar-refractivity contribution in [2.45, 2.75) is 52.1 Å². The number of carbonyl (C=O) groups excluding carboxylic acids is 1. The van der Waals surface area contributed by atoms with Crippen molar-refractivity contribution in [3.63, 3.8) is 0 Å². The third-order valence-electron chi connectivity index (χ3n) is 6.67. The van der Waals surface area contributed by atoms with Gasteiger partial charge in [0.2, 0.25) is 0 Å². The van der Waals surface area contributed by atoms with Gasteiger partial charge in [0.05, 0.1) is 11.5 Å². The van der Waals surface area contributed by atoms with Crippen molar-refractivity contribution in [3.8, 4) is 0 Å². The molecule has 1 amide bonds. The van der Waals surface area contributed by atoms with Gasteiger partial charge in [-0.1, -0.05) is 25.5 Å². The van der Waals surface area contributed by atoms with Crippen molar-refractivity contribution < 1.29 is 13.2 Å². The molecule has 0 spiro atoms. The fourth-order valence-corrected chi connectivity index (χ4v) is 5.71. The number of nitrogens with zero attached hydrogens (tertiary/aromatic N) is 2. The van der Waals surface area contributed by atoms with Gasteiger partial charge in [-0.05, 0) is 56.8 Å². The van der Waals surface area contributed by atoms with Crippen molar-refractivity contribution in [2.24, 2.45) is 5.92 Å². The maximum atomic E-state index is 12.8. The highest BCUT2D eigenvalue weighted by molar-refractivity contribution is 7.91. The van der Waals surface area contributed by atoms with E-state index in [4.69, 9.17) is 0 Å². The zero-order valence-electron chi connectivity index (χ0n) is 18.7. The maximum absolute atomic E-state index is 12.8. The Hall–Kier alpha value is -1.44. The van der Waals surface area contributed by atoms with Gasteiger partial charge in [0.1, 0.15) is 0 Å². The van der Waals surface area contributed by atoms with E-state index in [0.717, 1.165) is 24.6 Å². The molecule has 1 N–H and O–H groups in total. The largest absolute Gasteiger partial charge is 0.350 e. The quantitative estimate of drug-likeness (QED) is 0.713. The Kier molecular flexibility index (Phi) is 7.58. The Morgan fingerprint density at radius 1 is 1.20 bits per heavy atom. The molecule has 1 aromatic carbocycles. The van der Waals surface area contributed by atoms with Crippen LogP contribution in [-0.2, 0) is 16.4 Å². The maximum Gasteiger partial charge on any atom is 0.251 e. The minimum atomic E-state index is -2.88. The molecule has 7 heteroatoms. The number of rotatable bonds is 7. The van der Waals surface area contributed by atoms with Gasteiger partial charge in [0.15, 0.2) is 9.84 Å². The number of piperidine rings is 1. The number of amides is 1. The smallest absolute Gasteiger partial charge is 0.251 e. The molecular weight excluding hydrogens is 398 g/mol. The summed E-state index contributed by atoms with van der Waals surface area (Å²) in [6.45, 7) is 11.3. The average Bonchev–Trinajstić information content (AvgIpc) is 2.74. The van der Waals surface area contributed by atoms with E-state index in [1.165, 1.54) is 19.3 Å². The van der Waals surface area contributed by atoms with Gasteiger partial charge in [-0.3, -0.25) is 14.6 Å². The van der Waals surface area contributed by atoms with Gasteiger partial charge in [0, 0.05) is 43.8 Å². The van der Waals surface area contributed by atoms with Gasteiger partial charge in [-0.15, -0.1) is 0 Å². The Morgan fingerprint density at radius 3 is 2.63 bits per heavy atom. The molecule has 0 saturated carbocycles. The topological polar surface area (TPSA) is 69.7 Å². The molecule has 2 saturated heterocycles. The van der Waals surface area contributed by atoms with Crippen LogP contribution in [0, 0.1) is 5.92 Å². The highest BCUT2D eigenvalue weighted by atomic mass is 32.2. The molecule has 2 aliphatic rings. The van der Waals surface area contributed by atoms with Crippen LogP contribution in [0.5, 0.6) is 0 Å². The van der Waals surface area contributed by atoms with E-state index in [1.807, 2.05) is 24.3 Å². The Morgan fingerprint density at radius 2 is 1.93 bits per heavy atom. The van der Waals surface area contributed by atoms with Gasteiger partial charge < -0.3 is 5.32 Å². The highest BCUT2D eigenvalue weighted by Crippen LogP contribution is 2.25. The van der Waals surface area contributed by atoms with Crippen LogP contribution < -0.4 is 5.32 Å². The van der Waals surface area contributed by atoms with Crippen LogP contribution in [0.25, 0.3) is 0 Å². The lowest BCUT2D eigenvalue weighted by Crippen LogP contribution is -2.54. The molecular formula is C23H37N3O3S. The Bertz CT molecular complexity index is 824. The lowest BCUT2D eigenvalue weighted by Gasteiger charge is -2.43. The molecule has 1 atom stereocenters. The van der Waals surface area contributed by atoms with Crippen LogP contribution in [-0.4, -0.2) is 73.9 Å². The van der Waals surface area contributed by atoms with Crippen LogP contribution in [0.3, 0.4) is 0 Å². The lowest BCUT2D eigenvalue weighted by molar-refractivity contribution is 0.0612. The number of hydrogen-bond acceptors (Lipinski definition) is 5. The molecule has 0 bridgehead atoms. The molecule has 1 aromatic rings. The molecule has 6 nitrogen and oxygen atoms in total. The number of carbonyl (C=O) groups is 1. The van der Waals surface area contributed by atoms with Crippen LogP contribution >= 0.6 is 0 Å². The molecule has 2 heterocycles. The summed E-state index contributed by atoms with van der Waals surface area (Å²) in [7, 11) is -2.88. The van der Waals surface area contributed by atoms with Crippen LogP contribution in [0.2, 0.25) is 0 Å². The molecule has 3 rings (SSSR count). The summed E-state index contributed by atoms with van der Waals surface area (Å²) in [4.78, 5) is 17.5. The molecule has 0 aliphatic carbocycles. The van der Waals surface area contributed by atoms with E-state index in [1.54, 1.807) is 0 Å². The van der Waals surface area contributed by atoms with Gasteiger partial charge in [0.25, 0.3) is 5.91 Å². The second kappa shape index (κ2) is 9.79. The molecule has 2 aliphatic heterocycles. The van der Waals surface area contributed by atoms with Gasteiger partial charge in [-0.2, -0.15) is 0 Å². The van der Waals surface area contributed by atoms with Crippen molar-refractivity contribution in [1.82, 2.24) is 15.1 Å². The normalized spacial score (nSPS) is 23.2. The Balaban J connectivity index is 1.54. The summed E-state index contributed by atoms with van der Waals surface area (Å²) in [6, 6.07) is 7.69. The molecule has 168 valence electrons. The third kappa shape index (κ3) is 6.28. The zero-order valence-corrected chi connectivity index (χ0v) is 19.5. The predicted molar refractivity (Wildman–Crippen MR) is 121 cm³/mol. The van der Waals surface area contributed by atoms with Gasteiger partial charge in [-0.25, -0.2) is 8.42 Å². The summed E-state index contributed by atoms with van der Waals surface area (Å²) in [6.07, 6.45) is 3.76. The minimum absolute atomic E-state index is 0.0461. The monoisotopic (exact) mass is 435 g/mol. The standard InChI is InChI=1S/C23H37N3O3S/c1-4-19-8-6-10-26(17-19)23(2,3)18-24-22(27)21-9-5-7-20(15-21)16-25-11-13-30(28,29)14-12-25/h5,7,9,15,19H,4,6,8,10-14,16-18H2,1-3H3,(H,24,27). The summed E-state index contributed by atoms with van der Waals surface area (Å²) in [5, 5.41) is 3.14. The van der Waals surface area contributed by atoms with Crippen molar-refractivity contribution >= 4 is 15.7 Å². The summed E-state index contributed by atoms with van der Waals surface area (Å²) < 4.78 is 23.2. The number of benzene rings is 1. The number of likely N-dealkylation sites (tertiary alicyclic amines) is 1. The van der Waals surface area contributed by atoms with Crippen molar-refractivity contribution in [3.05, 3.63) is 35.4 Å². The second-order valence-corrected chi connectivity index (χ2v) is 11.8. The van der Waals surface area contributed by atoms with Crippen LogP contribution in [0.1, 0.15) is 56.0 Å².